The minimum atomic E-state index is -1.21. The van der Waals surface area contributed by atoms with Gasteiger partial charge in [0.25, 0.3) is 5.69 Å². The van der Waals surface area contributed by atoms with E-state index in [-0.39, 0.29) is 23.3 Å². The molecular formula is C14H20N2O5. The van der Waals surface area contributed by atoms with Crippen molar-refractivity contribution in [1.82, 2.24) is 0 Å². The first-order valence-corrected chi connectivity index (χ1v) is 6.63. The van der Waals surface area contributed by atoms with E-state index in [1.807, 2.05) is 13.8 Å². The third-order valence-electron chi connectivity index (χ3n) is 3.21. The maximum atomic E-state index is 11.2. The van der Waals surface area contributed by atoms with Crippen molar-refractivity contribution in [2.75, 3.05) is 18.5 Å². The van der Waals surface area contributed by atoms with Gasteiger partial charge in [0, 0.05) is 31.0 Å². The van der Waals surface area contributed by atoms with Crippen LogP contribution in [0.25, 0.3) is 0 Å². The molecule has 1 aromatic rings. The van der Waals surface area contributed by atoms with Gasteiger partial charge in [-0.1, -0.05) is 13.8 Å². The lowest BCUT2D eigenvalue weighted by atomic mass is 9.87. The summed E-state index contributed by atoms with van der Waals surface area (Å²) < 4.78 is 0. The van der Waals surface area contributed by atoms with E-state index in [1.165, 1.54) is 12.1 Å². The number of aliphatic hydroxyl groups excluding tert-OH is 1. The van der Waals surface area contributed by atoms with Crippen molar-refractivity contribution < 1.29 is 19.9 Å². The highest BCUT2D eigenvalue weighted by atomic mass is 16.6. The summed E-state index contributed by atoms with van der Waals surface area (Å²) in [4.78, 5) is 21.3. The molecule has 0 spiro atoms. The van der Waals surface area contributed by atoms with Gasteiger partial charge in [-0.3, -0.25) is 10.1 Å². The zero-order valence-electron chi connectivity index (χ0n) is 12.1. The molecule has 116 valence electrons. The second-order valence-electron chi connectivity index (χ2n) is 5.64. The molecule has 0 aliphatic rings. The zero-order valence-corrected chi connectivity index (χ0v) is 12.1. The molecule has 0 radical (unpaired) electrons. The molecule has 0 unspecified atom stereocenters. The van der Waals surface area contributed by atoms with Gasteiger partial charge >= 0.3 is 5.97 Å². The molecule has 0 heterocycles. The van der Waals surface area contributed by atoms with Crippen LogP contribution in [0.2, 0.25) is 0 Å². The number of carboxylic acid groups (broad SMARTS) is 1. The SMILES string of the molecule is CC(C)(CCCO)CNc1ccc([N+](=O)[O-])cc1C(=O)O. The van der Waals surface area contributed by atoms with Crippen molar-refractivity contribution in [3.63, 3.8) is 0 Å². The molecule has 7 heteroatoms. The number of benzene rings is 1. The van der Waals surface area contributed by atoms with E-state index in [0.29, 0.717) is 18.7 Å². The molecule has 0 saturated heterocycles. The van der Waals surface area contributed by atoms with E-state index in [2.05, 4.69) is 5.32 Å². The van der Waals surface area contributed by atoms with Crippen LogP contribution in [0, 0.1) is 15.5 Å². The molecule has 1 aromatic carbocycles. The average Bonchev–Trinajstić information content (AvgIpc) is 2.42. The first-order valence-electron chi connectivity index (χ1n) is 6.63. The molecule has 0 aromatic heterocycles. The van der Waals surface area contributed by atoms with Gasteiger partial charge < -0.3 is 15.5 Å². The molecule has 7 nitrogen and oxygen atoms in total. The molecule has 3 N–H and O–H groups in total. The highest BCUT2D eigenvalue weighted by Crippen LogP contribution is 2.26. The monoisotopic (exact) mass is 296 g/mol. The van der Waals surface area contributed by atoms with Crippen molar-refractivity contribution in [3.05, 3.63) is 33.9 Å². The summed E-state index contributed by atoms with van der Waals surface area (Å²) in [5, 5.41) is 31.7. The summed E-state index contributed by atoms with van der Waals surface area (Å²) in [6.07, 6.45) is 1.45. The Kier molecular flexibility index (Phi) is 5.66. The van der Waals surface area contributed by atoms with Crippen LogP contribution < -0.4 is 5.32 Å². The van der Waals surface area contributed by atoms with E-state index in [4.69, 9.17) is 10.2 Å². The van der Waals surface area contributed by atoms with Gasteiger partial charge in [0.05, 0.1) is 10.5 Å². The first kappa shape index (κ1) is 16.9. The van der Waals surface area contributed by atoms with Gasteiger partial charge in [0.1, 0.15) is 0 Å². The van der Waals surface area contributed by atoms with E-state index in [0.717, 1.165) is 12.5 Å². The van der Waals surface area contributed by atoms with Gasteiger partial charge in [0.2, 0.25) is 0 Å². The van der Waals surface area contributed by atoms with E-state index >= 15 is 0 Å². The Bertz CT molecular complexity index is 528. The summed E-state index contributed by atoms with van der Waals surface area (Å²) in [5.74, 6) is -1.21. The molecule has 0 aliphatic carbocycles. The number of non-ortho nitro benzene ring substituents is 1. The summed E-state index contributed by atoms with van der Waals surface area (Å²) in [5.41, 5.74) is -0.148. The molecule has 0 amide bonds. The Balaban J connectivity index is 2.88. The van der Waals surface area contributed by atoms with Crippen LogP contribution in [-0.2, 0) is 0 Å². The molecule has 0 saturated carbocycles. The fourth-order valence-corrected chi connectivity index (χ4v) is 1.96. The maximum absolute atomic E-state index is 11.2. The van der Waals surface area contributed by atoms with Gasteiger partial charge in [-0.05, 0) is 24.3 Å². The number of nitrogens with one attached hydrogen (secondary N) is 1. The number of anilines is 1. The zero-order chi connectivity index (χ0) is 16.0. The fraction of sp³-hybridized carbons (Fsp3) is 0.500. The standard InChI is InChI=1S/C14H20N2O5/c1-14(2,6-3-7-17)9-15-12-5-4-10(16(20)21)8-11(12)13(18)19/h4-5,8,15,17H,3,6-7,9H2,1-2H3,(H,18,19). The van der Waals surface area contributed by atoms with E-state index in [1.54, 1.807) is 0 Å². The number of hydrogen-bond acceptors (Lipinski definition) is 5. The van der Waals surface area contributed by atoms with E-state index in [9.17, 15) is 14.9 Å². The van der Waals surface area contributed by atoms with Crippen LogP contribution in [-0.4, -0.2) is 34.3 Å². The number of carbonyl (C=O) groups is 1. The molecule has 0 aliphatic heterocycles. The van der Waals surface area contributed by atoms with Crippen LogP contribution in [0.1, 0.15) is 37.0 Å². The van der Waals surface area contributed by atoms with Crippen LogP contribution in [0.5, 0.6) is 0 Å². The Labute approximate surface area is 122 Å². The summed E-state index contributed by atoms with van der Waals surface area (Å²) in [7, 11) is 0. The smallest absolute Gasteiger partial charge is 0.338 e. The van der Waals surface area contributed by atoms with Crippen molar-refractivity contribution in [3.8, 4) is 0 Å². The lowest BCUT2D eigenvalue weighted by Gasteiger charge is -2.25. The molecule has 1 rings (SSSR count). The maximum Gasteiger partial charge on any atom is 0.338 e. The molecule has 0 atom stereocenters. The number of aromatic carboxylic acids is 1. The first-order chi connectivity index (χ1) is 9.76. The summed E-state index contributed by atoms with van der Waals surface area (Å²) >= 11 is 0. The van der Waals surface area contributed by atoms with Gasteiger partial charge in [-0.15, -0.1) is 0 Å². The second-order valence-corrected chi connectivity index (χ2v) is 5.64. The Morgan fingerprint density at radius 1 is 1.43 bits per heavy atom. The van der Waals surface area contributed by atoms with Crippen molar-refractivity contribution in [1.29, 1.82) is 0 Å². The lowest BCUT2D eigenvalue weighted by Crippen LogP contribution is -2.24. The predicted octanol–water partition coefficient (Wildman–Crippen LogP) is 2.50. The van der Waals surface area contributed by atoms with Crippen LogP contribution >= 0.6 is 0 Å². The molecule has 0 fully saturated rings. The molecule has 21 heavy (non-hydrogen) atoms. The minimum absolute atomic E-state index is 0.112. The van der Waals surface area contributed by atoms with Crippen molar-refractivity contribution >= 4 is 17.3 Å². The predicted molar refractivity (Wildman–Crippen MR) is 78.6 cm³/mol. The lowest BCUT2D eigenvalue weighted by molar-refractivity contribution is -0.384. The Morgan fingerprint density at radius 3 is 2.62 bits per heavy atom. The normalized spacial score (nSPS) is 11.2. The van der Waals surface area contributed by atoms with E-state index < -0.39 is 10.9 Å². The van der Waals surface area contributed by atoms with Gasteiger partial charge in [0.15, 0.2) is 0 Å². The highest BCUT2D eigenvalue weighted by molar-refractivity contribution is 5.95. The number of carboxylic acids is 1. The number of nitro benzene ring substituents is 1. The number of hydrogen-bond donors (Lipinski definition) is 3. The number of nitro groups is 1. The average molecular weight is 296 g/mol. The third kappa shape index (κ3) is 5.03. The van der Waals surface area contributed by atoms with Crippen LogP contribution in [0.3, 0.4) is 0 Å². The van der Waals surface area contributed by atoms with Crippen molar-refractivity contribution in [2.45, 2.75) is 26.7 Å². The van der Waals surface area contributed by atoms with Crippen molar-refractivity contribution in [2.24, 2.45) is 5.41 Å². The topological polar surface area (TPSA) is 113 Å². The van der Waals surface area contributed by atoms with Gasteiger partial charge in [-0.25, -0.2) is 4.79 Å². The van der Waals surface area contributed by atoms with Crippen LogP contribution in [0.15, 0.2) is 18.2 Å². The number of aliphatic hydroxyl groups is 1. The second kappa shape index (κ2) is 7.03. The molecule has 0 bridgehead atoms. The molecular weight excluding hydrogens is 276 g/mol. The fourth-order valence-electron chi connectivity index (χ4n) is 1.96. The summed E-state index contributed by atoms with van der Waals surface area (Å²) in [6.45, 7) is 4.62. The Hall–Kier alpha value is -2.15. The van der Waals surface area contributed by atoms with Gasteiger partial charge in [-0.2, -0.15) is 0 Å². The largest absolute Gasteiger partial charge is 0.478 e. The Morgan fingerprint density at radius 2 is 2.10 bits per heavy atom. The summed E-state index contributed by atoms with van der Waals surface area (Å²) in [6, 6.07) is 3.73. The third-order valence-corrected chi connectivity index (χ3v) is 3.21. The van der Waals surface area contributed by atoms with Crippen LogP contribution in [0.4, 0.5) is 11.4 Å². The number of nitrogens with zero attached hydrogens (tertiary/aromatic N) is 1. The quantitative estimate of drug-likeness (QED) is 0.502. The number of rotatable bonds is 8. The minimum Gasteiger partial charge on any atom is -0.478 e. The highest BCUT2D eigenvalue weighted by Gasteiger charge is 2.20.